The van der Waals surface area contributed by atoms with Crippen LogP contribution in [0.1, 0.15) is 49.0 Å². The van der Waals surface area contributed by atoms with Crippen LogP contribution in [0, 0.1) is 17.2 Å². The molecule has 1 saturated carbocycles. The first-order chi connectivity index (χ1) is 17.7. The van der Waals surface area contributed by atoms with E-state index in [1.54, 1.807) is 16.8 Å². The van der Waals surface area contributed by atoms with E-state index in [1.807, 2.05) is 32.0 Å². The minimum atomic E-state index is -0.440. The molecule has 0 spiro atoms. The number of nitrogens with two attached hydrogens (primary N) is 1. The molecule has 11 nitrogen and oxygen atoms in total. The standard InChI is InChI=1S/C26H32N8O3/c1-26(2,28)6-7-29-24(35)20-15-30-22(23-5-4-19-10-17(12-27)14-32-34(19)23)11-21(20)33-18-8-16(9-18)13-31-25(36)37-3/h4-5,10-11,14-16,18H,6-9,13,28H2,1-3H3,(H,29,35)(H,30,33)(H,31,36)/t16-,18-. The average molecular weight is 505 g/mol. The smallest absolute Gasteiger partial charge is 0.406 e. The monoisotopic (exact) mass is 504 g/mol. The van der Waals surface area contributed by atoms with Crippen molar-refractivity contribution in [2.45, 2.75) is 44.7 Å². The van der Waals surface area contributed by atoms with E-state index in [0.29, 0.717) is 47.9 Å². The summed E-state index contributed by atoms with van der Waals surface area (Å²) in [6.45, 7) is 4.82. The Morgan fingerprint density at radius 1 is 1.24 bits per heavy atom. The SMILES string of the molecule is COC(=O)NC[C@H]1C[C@H](Nc2cc(-c3ccc4cc(C#N)cnn34)ncc2C(=O)NCCC(C)(C)N)C1. The van der Waals surface area contributed by atoms with Crippen LogP contribution >= 0.6 is 0 Å². The zero-order valence-electron chi connectivity index (χ0n) is 21.2. The number of hydrogen-bond donors (Lipinski definition) is 4. The van der Waals surface area contributed by atoms with Crippen LogP contribution in [0.4, 0.5) is 10.5 Å². The molecular weight excluding hydrogens is 472 g/mol. The van der Waals surface area contributed by atoms with E-state index < -0.39 is 6.09 Å². The number of anilines is 1. The predicted molar refractivity (Wildman–Crippen MR) is 139 cm³/mol. The molecule has 194 valence electrons. The first-order valence-corrected chi connectivity index (χ1v) is 12.2. The van der Waals surface area contributed by atoms with E-state index in [-0.39, 0.29) is 17.5 Å². The Morgan fingerprint density at radius 2 is 2.03 bits per heavy atom. The molecule has 0 atom stereocenters. The molecular formula is C26H32N8O3. The van der Waals surface area contributed by atoms with E-state index in [4.69, 9.17) is 11.0 Å². The largest absolute Gasteiger partial charge is 0.453 e. The topological polar surface area (TPSA) is 159 Å². The Morgan fingerprint density at radius 3 is 2.73 bits per heavy atom. The molecule has 37 heavy (non-hydrogen) atoms. The van der Waals surface area contributed by atoms with Crippen LogP contribution < -0.4 is 21.7 Å². The number of aromatic nitrogens is 3. The second kappa shape index (κ2) is 10.8. The number of pyridine rings is 1. The average Bonchev–Trinajstić information content (AvgIpc) is 3.27. The third-order valence-corrected chi connectivity index (χ3v) is 6.41. The number of hydrogen-bond acceptors (Lipinski definition) is 8. The summed E-state index contributed by atoms with van der Waals surface area (Å²) in [5, 5.41) is 22.7. The molecule has 1 fully saturated rings. The summed E-state index contributed by atoms with van der Waals surface area (Å²) >= 11 is 0. The van der Waals surface area contributed by atoms with Gasteiger partial charge < -0.3 is 26.4 Å². The van der Waals surface area contributed by atoms with Crippen molar-refractivity contribution >= 4 is 23.2 Å². The third kappa shape index (κ3) is 6.34. The molecule has 3 heterocycles. The Bertz CT molecular complexity index is 1330. The molecule has 11 heteroatoms. The number of carbonyl (C=O) groups excluding carboxylic acids is 2. The highest BCUT2D eigenvalue weighted by Gasteiger charge is 2.30. The molecule has 5 N–H and O–H groups in total. The first kappa shape index (κ1) is 25.9. The number of fused-ring (bicyclic) bond motifs is 1. The lowest BCUT2D eigenvalue weighted by molar-refractivity contribution is 0.0951. The van der Waals surface area contributed by atoms with Gasteiger partial charge in [-0.3, -0.25) is 9.78 Å². The minimum Gasteiger partial charge on any atom is -0.453 e. The van der Waals surface area contributed by atoms with Gasteiger partial charge in [-0.05, 0) is 63.3 Å². The summed E-state index contributed by atoms with van der Waals surface area (Å²) in [5.74, 6) is 0.0981. The summed E-state index contributed by atoms with van der Waals surface area (Å²) in [7, 11) is 1.34. The van der Waals surface area contributed by atoms with Gasteiger partial charge in [-0.25, -0.2) is 9.31 Å². The van der Waals surface area contributed by atoms with Crippen molar-refractivity contribution in [3.05, 3.63) is 47.8 Å². The number of nitriles is 1. The van der Waals surface area contributed by atoms with E-state index in [1.165, 1.54) is 13.3 Å². The van der Waals surface area contributed by atoms with Crippen LogP contribution in [0.5, 0.6) is 0 Å². The van der Waals surface area contributed by atoms with Gasteiger partial charge in [0.2, 0.25) is 0 Å². The van der Waals surface area contributed by atoms with Crippen molar-refractivity contribution in [1.29, 1.82) is 5.26 Å². The maximum absolute atomic E-state index is 13.1. The molecule has 0 saturated heterocycles. The van der Waals surface area contributed by atoms with Crippen LogP contribution in [-0.2, 0) is 4.74 Å². The number of nitrogens with one attached hydrogen (secondary N) is 3. The van der Waals surface area contributed by atoms with E-state index in [9.17, 15) is 9.59 Å². The van der Waals surface area contributed by atoms with Crippen LogP contribution in [0.2, 0.25) is 0 Å². The zero-order valence-corrected chi connectivity index (χ0v) is 21.2. The van der Waals surface area contributed by atoms with Crippen molar-refractivity contribution < 1.29 is 14.3 Å². The molecule has 2 amide bonds. The fraction of sp³-hybridized carbons (Fsp3) is 0.423. The van der Waals surface area contributed by atoms with Gasteiger partial charge in [0.25, 0.3) is 5.91 Å². The molecule has 1 aliphatic carbocycles. The second-order valence-corrected chi connectivity index (χ2v) is 10.1. The Labute approximate surface area is 215 Å². The van der Waals surface area contributed by atoms with Crippen LogP contribution in [0.25, 0.3) is 16.9 Å². The van der Waals surface area contributed by atoms with Gasteiger partial charge in [0, 0.05) is 30.9 Å². The number of carbonyl (C=O) groups is 2. The van der Waals surface area contributed by atoms with Gasteiger partial charge in [-0.15, -0.1) is 0 Å². The second-order valence-electron chi connectivity index (χ2n) is 10.1. The highest BCUT2D eigenvalue weighted by molar-refractivity contribution is 6.00. The Kier molecular flexibility index (Phi) is 7.59. The molecule has 4 rings (SSSR count). The van der Waals surface area contributed by atoms with Gasteiger partial charge in [0.05, 0.1) is 47.0 Å². The van der Waals surface area contributed by atoms with Crippen molar-refractivity contribution in [2.24, 2.45) is 11.7 Å². The lowest BCUT2D eigenvalue weighted by atomic mass is 9.80. The zero-order chi connectivity index (χ0) is 26.6. The summed E-state index contributed by atoms with van der Waals surface area (Å²) < 4.78 is 6.35. The molecule has 0 unspecified atom stereocenters. The number of ether oxygens (including phenoxy) is 1. The van der Waals surface area contributed by atoms with E-state index >= 15 is 0 Å². The number of rotatable bonds is 9. The molecule has 1 aliphatic rings. The van der Waals surface area contributed by atoms with Gasteiger partial charge in [-0.2, -0.15) is 10.4 Å². The van der Waals surface area contributed by atoms with Crippen molar-refractivity contribution in [3.8, 4) is 17.5 Å². The van der Waals surface area contributed by atoms with Gasteiger partial charge >= 0.3 is 6.09 Å². The number of alkyl carbamates (subject to hydrolysis) is 1. The summed E-state index contributed by atoms with van der Waals surface area (Å²) in [4.78, 5) is 29.0. The fourth-order valence-electron chi connectivity index (χ4n) is 4.28. The minimum absolute atomic E-state index is 0.148. The van der Waals surface area contributed by atoms with E-state index in [0.717, 1.165) is 24.1 Å². The Hall–Kier alpha value is -4.17. The summed E-state index contributed by atoms with van der Waals surface area (Å²) in [5.41, 5.74) is 9.41. The highest BCUT2D eigenvalue weighted by atomic mass is 16.5. The summed E-state index contributed by atoms with van der Waals surface area (Å²) in [6.07, 6.45) is 4.96. The molecule has 3 aromatic rings. The lowest BCUT2D eigenvalue weighted by Crippen LogP contribution is -2.42. The van der Waals surface area contributed by atoms with Gasteiger partial charge in [-0.1, -0.05) is 0 Å². The van der Waals surface area contributed by atoms with Crippen LogP contribution in [-0.4, -0.2) is 58.4 Å². The van der Waals surface area contributed by atoms with Gasteiger partial charge in [0.1, 0.15) is 6.07 Å². The van der Waals surface area contributed by atoms with Crippen LogP contribution in [0.3, 0.4) is 0 Å². The fourth-order valence-corrected chi connectivity index (χ4v) is 4.28. The van der Waals surface area contributed by atoms with Crippen molar-refractivity contribution in [1.82, 2.24) is 25.2 Å². The number of amides is 2. The van der Waals surface area contributed by atoms with Crippen molar-refractivity contribution in [3.63, 3.8) is 0 Å². The first-order valence-electron chi connectivity index (χ1n) is 12.2. The van der Waals surface area contributed by atoms with Gasteiger partial charge in [0.15, 0.2) is 0 Å². The molecule has 3 aromatic heterocycles. The lowest BCUT2D eigenvalue weighted by Gasteiger charge is -2.36. The highest BCUT2D eigenvalue weighted by Crippen LogP contribution is 2.32. The number of methoxy groups -OCH3 is 1. The maximum atomic E-state index is 13.1. The Balaban J connectivity index is 1.55. The molecule has 0 radical (unpaired) electrons. The quantitative estimate of drug-likeness (QED) is 0.346. The van der Waals surface area contributed by atoms with E-state index in [2.05, 4.69) is 36.8 Å². The molecule has 0 aromatic carbocycles. The molecule has 0 aliphatic heterocycles. The predicted octanol–water partition coefficient (Wildman–Crippen LogP) is 2.67. The maximum Gasteiger partial charge on any atom is 0.406 e. The molecule has 0 bridgehead atoms. The summed E-state index contributed by atoms with van der Waals surface area (Å²) in [6, 6.07) is 9.61. The van der Waals surface area contributed by atoms with Crippen LogP contribution in [0.15, 0.2) is 36.7 Å². The van der Waals surface area contributed by atoms with Crippen molar-refractivity contribution in [2.75, 3.05) is 25.5 Å². The normalized spacial score (nSPS) is 16.9. The third-order valence-electron chi connectivity index (χ3n) is 6.41. The number of nitrogens with zero attached hydrogens (tertiary/aromatic N) is 4.